The van der Waals surface area contributed by atoms with Crippen molar-refractivity contribution in [2.75, 3.05) is 18.4 Å². The van der Waals surface area contributed by atoms with E-state index < -0.39 is 10.0 Å². The van der Waals surface area contributed by atoms with E-state index in [9.17, 15) is 8.42 Å². The summed E-state index contributed by atoms with van der Waals surface area (Å²) in [5.74, 6) is 0. The summed E-state index contributed by atoms with van der Waals surface area (Å²) in [4.78, 5) is 0. The van der Waals surface area contributed by atoms with Crippen molar-refractivity contribution in [2.24, 2.45) is 0 Å². The lowest BCUT2D eigenvalue weighted by molar-refractivity contribution is 0.435. The fourth-order valence-electron chi connectivity index (χ4n) is 2.88. The van der Waals surface area contributed by atoms with Gasteiger partial charge in [-0.15, -0.1) is 11.3 Å². The average molecular weight is 473 g/mol. The van der Waals surface area contributed by atoms with Crippen LogP contribution in [0.15, 0.2) is 52.7 Å². The van der Waals surface area contributed by atoms with Crippen LogP contribution >= 0.6 is 38.9 Å². The molecule has 138 valence electrons. The Labute approximate surface area is 171 Å². The SMILES string of the molecule is Cc1c(S(=O)(=O)N(CCBr)CCc2ccccc2)sc2ccc(Cl)cc12. The summed E-state index contributed by atoms with van der Waals surface area (Å²) in [5, 5.41) is 2.11. The first kappa shape index (κ1) is 19.8. The van der Waals surface area contributed by atoms with Crippen LogP contribution in [0.5, 0.6) is 0 Å². The summed E-state index contributed by atoms with van der Waals surface area (Å²) in [6, 6.07) is 15.5. The smallest absolute Gasteiger partial charge is 0.206 e. The maximum atomic E-state index is 13.3. The second-order valence-corrected chi connectivity index (χ2v) is 10.4. The first-order valence-electron chi connectivity index (χ1n) is 8.22. The van der Waals surface area contributed by atoms with E-state index in [2.05, 4.69) is 15.9 Å². The Morgan fingerprint density at radius 2 is 1.85 bits per heavy atom. The number of hydrogen-bond acceptors (Lipinski definition) is 3. The molecule has 0 atom stereocenters. The van der Waals surface area contributed by atoms with Gasteiger partial charge in [-0.2, -0.15) is 4.31 Å². The predicted molar refractivity (Wildman–Crippen MR) is 114 cm³/mol. The van der Waals surface area contributed by atoms with Crippen molar-refractivity contribution in [3.8, 4) is 0 Å². The van der Waals surface area contributed by atoms with Crippen molar-refractivity contribution in [1.82, 2.24) is 4.31 Å². The topological polar surface area (TPSA) is 37.4 Å². The summed E-state index contributed by atoms with van der Waals surface area (Å²) in [6.45, 7) is 2.74. The lowest BCUT2D eigenvalue weighted by atomic mass is 10.1. The molecular weight excluding hydrogens is 454 g/mol. The number of aryl methyl sites for hydroxylation is 1. The number of nitrogens with zero attached hydrogens (tertiary/aromatic N) is 1. The van der Waals surface area contributed by atoms with Crippen LogP contribution in [0, 0.1) is 6.92 Å². The molecule has 26 heavy (non-hydrogen) atoms. The Hall–Kier alpha value is -0.920. The second-order valence-electron chi connectivity index (χ2n) is 5.98. The Balaban J connectivity index is 1.94. The highest BCUT2D eigenvalue weighted by Gasteiger charge is 2.28. The van der Waals surface area contributed by atoms with Crippen molar-refractivity contribution in [1.29, 1.82) is 0 Å². The van der Waals surface area contributed by atoms with E-state index in [-0.39, 0.29) is 0 Å². The summed E-state index contributed by atoms with van der Waals surface area (Å²) in [6.07, 6.45) is 0.683. The van der Waals surface area contributed by atoms with Gasteiger partial charge in [0.25, 0.3) is 10.0 Å². The van der Waals surface area contributed by atoms with E-state index in [0.717, 1.165) is 21.2 Å². The molecule has 3 aromatic rings. The first-order valence-corrected chi connectivity index (χ1v) is 12.0. The van der Waals surface area contributed by atoms with Crippen LogP contribution in [-0.4, -0.2) is 31.1 Å². The number of halogens is 2. The molecule has 0 bridgehead atoms. The summed E-state index contributed by atoms with van der Waals surface area (Å²) in [7, 11) is -3.56. The van der Waals surface area contributed by atoms with Gasteiger partial charge in [-0.05, 0) is 48.1 Å². The maximum Gasteiger partial charge on any atom is 0.252 e. The van der Waals surface area contributed by atoms with Gasteiger partial charge in [0.2, 0.25) is 0 Å². The second kappa shape index (κ2) is 8.40. The van der Waals surface area contributed by atoms with Crippen LogP contribution < -0.4 is 0 Å². The highest BCUT2D eigenvalue weighted by atomic mass is 79.9. The van der Waals surface area contributed by atoms with E-state index in [4.69, 9.17) is 11.6 Å². The number of thiophene rings is 1. The molecule has 0 aliphatic heterocycles. The molecular formula is C19H19BrClNO2S2. The molecule has 0 aliphatic carbocycles. The molecule has 0 amide bonds. The predicted octanol–water partition coefficient (Wildman–Crippen LogP) is 5.49. The zero-order chi connectivity index (χ0) is 18.7. The standard InChI is InChI=1S/C19H19BrClNO2S2/c1-14-17-13-16(21)7-8-18(17)25-19(14)26(23,24)22(12-10-20)11-9-15-5-3-2-4-6-15/h2-8,13H,9-12H2,1H3. The van der Waals surface area contributed by atoms with Crippen molar-refractivity contribution in [3.63, 3.8) is 0 Å². The molecule has 7 heteroatoms. The van der Waals surface area contributed by atoms with Crippen LogP contribution in [0.2, 0.25) is 5.02 Å². The molecule has 0 radical (unpaired) electrons. The third-order valence-electron chi connectivity index (χ3n) is 4.26. The van der Waals surface area contributed by atoms with E-state index >= 15 is 0 Å². The number of sulfonamides is 1. The minimum atomic E-state index is -3.56. The minimum Gasteiger partial charge on any atom is -0.206 e. The maximum absolute atomic E-state index is 13.3. The molecule has 2 aromatic carbocycles. The largest absolute Gasteiger partial charge is 0.252 e. The summed E-state index contributed by atoms with van der Waals surface area (Å²) >= 11 is 10.8. The van der Waals surface area contributed by atoms with Gasteiger partial charge in [0.1, 0.15) is 4.21 Å². The monoisotopic (exact) mass is 471 g/mol. The van der Waals surface area contributed by atoms with Gasteiger partial charge in [-0.1, -0.05) is 57.9 Å². The van der Waals surface area contributed by atoms with E-state index in [1.165, 1.54) is 11.3 Å². The van der Waals surface area contributed by atoms with Crippen LogP contribution in [0.1, 0.15) is 11.1 Å². The highest BCUT2D eigenvalue weighted by Crippen LogP contribution is 2.37. The van der Waals surface area contributed by atoms with Gasteiger partial charge in [-0.3, -0.25) is 0 Å². The quantitative estimate of drug-likeness (QED) is 0.426. The van der Waals surface area contributed by atoms with Crippen molar-refractivity contribution in [3.05, 3.63) is 64.7 Å². The van der Waals surface area contributed by atoms with Crippen LogP contribution in [0.4, 0.5) is 0 Å². The molecule has 0 unspecified atom stereocenters. The van der Waals surface area contributed by atoms with Crippen molar-refractivity contribution >= 4 is 59.0 Å². The van der Waals surface area contributed by atoms with E-state index in [1.807, 2.05) is 49.4 Å². The number of alkyl halides is 1. The van der Waals surface area contributed by atoms with Crippen LogP contribution in [0.3, 0.4) is 0 Å². The molecule has 0 fully saturated rings. The number of hydrogen-bond donors (Lipinski definition) is 0. The molecule has 0 spiro atoms. The van der Waals surface area contributed by atoms with Gasteiger partial charge >= 0.3 is 0 Å². The van der Waals surface area contributed by atoms with Crippen molar-refractivity contribution < 1.29 is 8.42 Å². The van der Waals surface area contributed by atoms with Crippen LogP contribution in [0.25, 0.3) is 10.1 Å². The van der Waals surface area contributed by atoms with Crippen LogP contribution in [-0.2, 0) is 16.4 Å². The Bertz CT molecular complexity index is 1000. The lowest BCUT2D eigenvalue weighted by Gasteiger charge is -2.21. The fraction of sp³-hybridized carbons (Fsp3) is 0.263. The lowest BCUT2D eigenvalue weighted by Crippen LogP contribution is -2.34. The first-order chi connectivity index (χ1) is 12.4. The van der Waals surface area contributed by atoms with Gasteiger partial charge in [-0.25, -0.2) is 8.42 Å². The number of benzene rings is 2. The Morgan fingerprint density at radius 3 is 2.54 bits per heavy atom. The van der Waals surface area contributed by atoms with E-state index in [0.29, 0.717) is 34.1 Å². The van der Waals surface area contributed by atoms with E-state index in [1.54, 1.807) is 10.4 Å². The van der Waals surface area contributed by atoms with Gasteiger partial charge in [0.15, 0.2) is 0 Å². The third-order valence-corrected chi connectivity index (χ3v) is 8.61. The minimum absolute atomic E-state index is 0.406. The molecule has 0 saturated carbocycles. The molecule has 3 rings (SSSR count). The highest BCUT2D eigenvalue weighted by molar-refractivity contribution is 9.09. The average Bonchev–Trinajstić information content (AvgIpc) is 2.96. The van der Waals surface area contributed by atoms with Crippen molar-refractivity contribution in [2.45, 2.75) is 17.6 Å². The van der Waals surface area contributed by atoms with Gasteiger partial charge in [0, 0.05) is 28.1 Å². The summed E-state index contributed by atoms with van der Waals surface area (Å²) in [5.41, 5.74) is 1.90. The molecule has 3 nitrogen and oxygen atoms in total. The Kier molecular flexibility index (Phi) is 6.41. The number of fused-ring (bicyclic) bond motifs is 1. The van der Waals surface area contributed by atoms with Gasteiger partial charge in [0.05, 0.1) is 0 Å². The number of rotatable bonds is 7. The molecule has 0 saturated heterocycles. The molecule has 0 aliphatic rings. The normalized spacial score (nSPS) is 12.2. The zero-order valence-electron chi connectivity index (χ0n) is 14.3. The fourth-order valence-corrected chi connectivity index (χ4v) is 7.04. The summed E-state index contributed by atoms with van der Waals surface area (Å²) < 4.78 is 29.5. The third kappa shape index (κ3) is 4.15. The molecule has 1 aromatic heterocycles. The molecule has 1 heterocycles. The zero-order valence-corrected chi connectivity index (χ0v) is 18.3. The van der Waals surface area contributed by atoms with Gasteiger partial charge < -0.3 is 0 Å². The Morgan fingerprint density at radius 1 is 1.12 bits per heavy atom. The molecule has 0 N–H and O–H groups in total.